The average molecular weight is 647 g/mol. The first-order valence-electron chi connectivity index (χ1n) is 12.5. The van der Waals surface area contributed by atoms with Crippen molar-refractivity contribution in [3.63, 3.8) is 0 Å². The first-order chi connectivity index (χ1) is 18.7. The van der Waals surface area contributed by atoms with Gasteiger partial charge in [0.1, 0.15) is 23.4 Å². The third-order valence-corrected chi connectivity index (χ3v) is 8.14. The molecule has 1 atom stereocenters. The van der Waals surface area contributed by atoms with Gasteiger partial charge >= 0.3 is 17.7 Å². The highest BCUT2D eigenvalue weighted by molar-refractivity contribution is 9.10. The van der Waals surface area contributed by atoms with Crippen LogP contribution >= 0.6 is 27.5 Å². The largest absolute Gasteiger partial charge is 0.471 e. The lowest BCUT2D eigenvalue weighted by atomic mass is 9.89. The smallest absolute Gasteiger partial charge is 0.410 e. The highest BCUT2D eigenvalue weighted by Crippen LogP contribution is 2.45. The fourth-order valence-electron chi connectivity index (χ4n) is 4.79. The summed E-state index contributed by atoms with van der Waals surface area (Å²) in [7, 11) is 3.07. The number of hydrogen-bond acceptors (Lipinski definition) is 10. The van der Waals surface area contributed by atoms with E-state index in [1.807, 2.05) is 7.05 Å². The predicted molar refractivity (Wildman–Crippen MR) is 148 cm³/mol. The summed E-state index contributed by atoms with van der Waals surface area (Å²) in [6.07, 6.45) is 1.09. The molecule has 1 amide bonds. The molecule has 2 aliphatic heterocycles. The van der Waals surface area contributed by atoms with E-state index >= 15 is 4.39 Å². The van der Waals surface area contributed by atoms with E-state index in [-0.39, 0.29) is 51.8 Å². The fourth-order valence-corrected chi connectivity index (χ4v) is 5.28. The van der Waals surface area contributed by atoms with Crippen molar-refractivity contribution in [2.75, 3.05) is 45.7 Å². The van der Waals surface area contributed by atoms with Gasteiger partial charge in [0.05, 0.1) is 34.6 Å². The number of ether oxygens (including phenoxy) is 3. The lowest BCUT2D eigenvalue weighted by molar-refractivity contribution is -0.385. The molecule has 1 aromatic carbocycles. The van der Waals surface area contributed by atoms with Crippen LogP contribution in [0.4, 0.5) is 20.6 Å². The Morgan fingerprint density at radius 1 is 1.38 bits per heavy atom. The van der Waals surface area contributed by atoms with Crippen LogP contribution in [0.25, 0.3) is 10.9 Å². The van der Waals surface area contributed by atoms with Gasteiger partial charge in [-0.2, -0.15) is 0 Å². The minimum Gasteiger partial charge on any atom is -0.471 e. The standard InChI is InChI=1S/C25H30BrClFN5O7/c1-24(2,3)40-23(35)32-11-25(12-32,22(34)38-5)30-19-14-9-15(27)16(26)17(28)18(14)29-21(20(19)33(36)37)39-10-13-7-6-8-31(13)4/h9,13H,6-8,10-12H2,1-5H3,(H,29,30)/t13-/m0/s1. The summed E-state index contributed by atoms with van der Waals surface area (Å²) in [4.78, 5) is 44.8. The van der Waals surface area contributed by atoms with E-state index in [4.69, 9.17) is 25.8 Å². The minimum atomic E-state index is -1.61. The summed E-state index contributed by atoms with van der Waals surface area (Å²) < 4.78 is 31.5. The molecule has 218 valence electrons. The van der Waals surface area contributed by atoms with Gasteiger partial charge in [0.25, 0.3) is 5.88 Å². The van der Waals surface area contributed by atoms with Gasteiger partial charge in [0.2, 0.25) is 0 Å². The number of nitro groups is 1. The highest BCUT2D eigenvalue weighted by Gasteiger charge is 2.54. The second kappa shape index (κ2) is 11.1. The first kappa shape index (κ1) is 30.0. The molecule has 0 aliphatic carbocycles. The van der Waals surface area contributed by atoms with Crippen molar-refractivity contribution in [3.8, 4) is 5.88 Å². The molecule has 0 radical (unpaired) electrons. The zero-order chi connectivity index (χ0) is 29.6. The number of carbonyl (C=O) groups excluding carboxylic acids is 2. The second-order valence-electron chi connectivity index (χ2n) is 10.9. The molecule has 0 unspecified atom stereocenters. The number of carbonyl (C=O) groups is 2. The molecule has 0 bridgehead atoms. The van der Waals surface area contributed by atoms with Crippen LogP contribution in [0.3, 0.4) is 0 Å². The van der Waals surface area contributed by atoms with Gasteiger partial charge in [-0.1, -0.05) is 11.6 Å². The maximum Gasteiger partial charge on any atom is 0.410 e. The maximum atomic E-state index is 15.4. The summed E-state index contributed by atoms with van der Waals surface area (Å²) in [6.45, 7) is 5.57. The molecule has 0 saturated carbocycles. The van der Waals surface area contributed by atoms with Gasteiger partial charge in [0.15, 0.2) is 11.4 Å². The van der Waals surface area contributed by atoms with Crippen LogP contribution < -0.4 is 10.1 Å². The molecule has 2 aliphatic rings. The number of pyridine rings is 1. The van der Waals surface area contributed by atoms with E-state index in [1.54, 1.807) is 20.8 Å². The molecular weight excluding hydrogens is 617 g/mol. The zero-order valence-electron chi connectivity index (χ0n) is 22.7. The Labute approximate surface area is 243 Å². The quantitative estimate of drug-likeness (QED) is 0.194. The molecule has 1 aromatic heterocycles. The molecule has 40 heavy (non-hydrogen) atoms. The van der Waals surface area contributed by atoms with Gasteiger partial charge in [-0.05, 0) is 69.2 Å². The monoisotopic (exact) mass is 645 g/mol. The number of anilines is 1. The number of nitrogens with zero attached hydrogens (tertiary/aromatic N) is 4. The van der Waals surface area contributed by atoms with Crippen LogP contribution in [0.2, 0.25) is 5.02 Å². The van der Waals surface area contributed by atoms with Gasteiger partial charge in [-0.25, -0.2) is 19.0 Å². The van der Waals surface area contributed by atoms with Gasteiger partial charge < -0.3 is 29.3 Å². The fraction of sp³-hybridized carbons (Fsp3) is 0.560. The molecule has 2 fully saturated rings. The average Bonchev–Trinajstić information content (AvgIpc) is 3.26. The minimum absolute atomic E-state index is 0.00857. The van der Waals surface area contributed by atoms with Gasteiger partial charge in [-0.15, -0.1) is 0 Å². The summed E-state index contributed by atoms with van der Waals surface area (Å²) in [5.41, 5.74) is -3.50. The lowest BCUT2D eigenvalue weighted by Crippen LogP contribution is -2.72. The number of benzene rings is 1. The van der Waals surface area contributed by atoms with Crippen molar-refractivity contribution in [2.24, 2.45) is 0 Å². The number of rotatable bonds is 7. The number of esters is 1. The zero-order valence-corrected chi connectivity index (χ0v) is 25.0. The third-order valence-electron chi connectivity index (χ3n) is 6.84. The van der Waals surface area contributed by atoms with Crippen LogP contribution in [-0.2, 0) is 14.3 Å². The van der Waals surface area contributed by atoms with Crippen molar-refractivity contribution in [1.82, 2.24) is 14.8 Å². The lowest BCUT2D eigenvalue weighted by Gasteiger charge is -2.48. The van der Waals surface area contributed by atoms with Crippen LogP contribution in [0.5, 0.6) is 5.88 Å². The Morgan fingerprint density at radius 2 is 2.05 bits per heavy atom. The van der Waals surface area contributed by atoms with E-state index in [0.29, 0.717) is 0 Å². The number of nitrogens with one attached hydrogen (secondary N) is 1. The predicted octanol–water partition coefficient (Wildman–Crippen LogP) is 4.75. The van der Waals surface area contributed by atoms with Crippen molar-refractivity contribution in [2.45, 2.75) is 50.8 Å². The van der Waals surface area contributed by atoms with Crippen molar-refractivity contribution >= 4 is 61.9 Å². The van der Waals surface area contributed by atoms with Crippen LogP contribution in [0.15, 0.2) is 10.5 Å². The Bertz CT molecular complexity index is 1370. The molecule has 15 heteroatoms. The number of amides is 1. The number of halogens is 3. The SMILES string of the molecule is COC(=O)C1(Nc2c([N+](=O)[O-])c(OC[C@@H]3CCCN3C)nc3c(F)c(Br)c(Cl)cc23)CN(C(=O)OC(C)(C)C)C1. The van der Waals surface area contributed by atoms with Crippen molar-refractivity contribution in [1.29, 1.82) is 0 Å². The topological polar surface area (TPSA) is 136 Å². The van der Waals surface area contributed by atoms with Crippen LogP contribution in [-0.4, -0.2) is 89.4 Å². The number of methoxy groups -OCH3 is 1. The first-order valence-corrected chi connectivity index (χ1v) is 13.7. The number of likely N-dealkylation sites (N-methyl/N-ethyl adjacent to an activating group) is 1. The van der Waals surface area contributed by atoms with E-state index < -0.39 is 45.5 Å². The highest BCUT2D eigenvalue weighted by atomic mass is 79.9. The molecular formula is C25H30BrClFN5O7. The molecule has 2 saturated heterocycles. The molecule has 1 N–H and O–H groups in total. The number of hydrogen-bond donors (Lipinski definition) is 1. The Balaban J connectivity index is 1.81. The van der Waals surface area contributed by atoms with E-state index in [1.165, 1.54) is 11.0 Å². The molecule has 2 aromatic rings. The summed E-state index contributed by atoms with van der Waals surface area (Å²) >= 11 is 9.31. The Morgan fingerprint density at radius 3 is 2.60 bits per heavy atom. The second-order valence-corrected chi connectivity index (χ2v) is 12.1. The number of aromatic nitrogens is 1. The molecule has 12 nitrogen and oxygen atoms in total. The maximum absolute atomic E-state index is 15.4. The molecule has 3 heterocycles. The van der Waals surface area contributed by atoms with E-state index in [2.05, 4.69) is 31.1 Å². The number of fused-ring (bicyclic) bond motifs is 1. The van der Waals surface area contributed by atoms with E-state index in [9.17, 15) is 19.7 Å². The normalized spacial score (nSPS) is 18.8. The van der Waals surface area contributed by atoms with Gasteiger partial charge in [-0.3, -0.25) is 10.1 Å². The van der Waals surface area contributed by atoms with Crippen LogP contribution in [0.1, 0.15) is 33.6 Å². The van der Waals surface area contributed by atoms with Crippen molar-refractivity contribution < 1.29 is 33.1 Å². The van der Waals surface area contributed by atoms with Crippen molar-refractivity contribution in [3.05, 3.63) is 31.5 Å². The summed E-state index contributed by atoms with van der Waals surface area (Å²) in [5, 5.41) is 15.2. The molecule has 4 rings (SSSR count). The van der Waals surface area contributed by atoms with Crippen LogP contribution in [0, 0.1) is 15.9 Å². The molecule has 0 spiro atoms. The summed E-state index contributed by atoms with van der Waals surface area (Å²) in [5.74, 6) is -2.07. The number of likely N-dealkylation sites (tertiary alicyclic amines) is 2. The van der Waals surface area contributed by atoms with Gasteiger partial charge in [0, 0.05) is 11.4 Å². The Hall–Kier alpha value is -2.97. The summed E-state index contributed by atoms with van der Waals surface area (Å²) in [6, 6.07) is 1.29. The Kier molecular flexibility index (Phi) is 8.35. The van der Waals surface area contributed by atoms with E-state index in [0.717, 1.165) is 26.5 Å². The third kappa shape index (κ3) is 5.75.